The van der Waals surface area contributed by atoms with E-state index in [-0.39, 0.29) is 18.1 Å². The summed E-state index contributed by atoms with van der Waals surface area (Å²) in [4.78, 5) is 15.1. The standard InChI is InChI=1S/C26H42N2O3/c1-30-16-9-17-31-26(22-12-6-3-7-13-22)23-14-8-15-28(20-23)25(29)19-24(27)18-21-10-4-2-5-11-21/h3,6-7,12-13,21,23-24,26H,2,4-5,8-11,14-20,27H2,1H3/t23-,24-,26?/m1/s1. The Balaban J connectivity index is 1.55. The number of carbonyl (C=O) groups excluding carboxylic acids is 1. The number of piperidine rings is 1. The average Bonchev–Trinajstić information content (AvgIpc) is 2.80. The zero-order valence-corrected chi connectivity index (χ0v) is 19.3. The van der Waals surface area contributed by atoms with Crippen LogP contribution in [0.5, 0.6) is 0 Å². The Morgan fingerprint density at radius 3 is 2.61 bits per heavy atom. The number of carbonyl (C=O) groups is 1. The largest absolute Gasteiger partial charge is 0.385 e. The van der Waals surface area contributed by atoms with Crippen molar-refractivity contribution in [2.24, 2.45) is 17.6 Å². The summed E-state index contributed by atoms with van der Waals surface area (Å²) < 4.78 is 11.5. The summed E-state index contributed by atoms with van der Waals surface area (Å²) in [7, 11) is 1.72. The highest BCUT2D eigenvalue weighted by atomic mass is 16.5. The van der Waals surface area contributed by atoms with E-state index in [2.05, 4.69) is 24.3 Å². The van der Waals surface area contributed by atoms with Gasteiger partial charge in [-0.15, -0.1) is 0 Å². The number of hydrogen-bond acceptors (Lipinski definition) is 4. The molecule has 1 aliphatic carbocycles. The molecule has 1 aromatic carbocycles. The molecule has 1 aromatic rings. The van der Waals surface area contributed by atoms with Gasteiger partial charge in [0.25, 0.3) is 0 Å². The molecule has 0 aromatic heterocycles. The van der Waals surface area contributed by atoms with Gasteiger partial charge in [0.15, 0.2) is 0 Å². The van der Waals surface area contributed by atoms with Crippen LogP contribution < -0.4 is 5.73 Å². The molecule has 3 rings (SSSR count). The lowest BCUT2D eigenvalue weighted by atomic mass is 9.84. The predicted octanol–water partition coefficient (Wildman–Crippen LogP) is 4.71. The minimum atomic E-state index is -0.00816. The van der Waals surface area contributed by atoms with Gasteiger partial charge in [-0.05, 0) is 37.2 Å². The van der Waals surface area contributed by atoms with Crippen LogP contribution in [0.25, 0.3) is 0 Å². The van der Waals surface area contributed by atoms with Gasteiger partial charge in [0.1, 0.15) is 0 Å². The second-order valence-corrected chi connectivity index (χ2v) is 9.49. The third kappa shape index (κ3) is 7.89. The lowest BCUT2D eigenvalue weighted by Gasteiger charge is -2.37. The lowest BCUT2D eigenvalue weighted by molar-refractivity contribution is -0.135. The van der Waals surface area contributed by atoms with Gasteiger partial charge in [0.05, 0.1) is 6.10 Å². The maximum absolute atomic E-state index is 13.0. The van der Waals surface area contributed by atoms with E-state index in [1.54, 1.807) is 7.11 Å². The van der Waals surface area contributed by atoms with Crippen LogP contribution >= 0.6 is 0 Å². The summed E-state index contributed by atoms with van der Waals surface area (Å²) in [5, 5.41) is 0. The number of benzene rings is 1. The number of rotatable bonds is 11. The van der Waals surface area contributed by atoms with E-state index >= 15 is 0 Å². The molecule has 174 valence electrons. The Morgan fingerprint density at radius 1 is 1.10 bits per heavy atom. The molecular formula is C26H42N2O3. The Bertz CT molecular complexity index is 633. The van der Waals surface area contributed by atoms with Crippen molar-refractivity contribution in [2.45, 2.75) is 76.4 Å². The van der Waals surface area contributed by atoms with E-state index in [1.165, 1.54) is 37.7 Å². The zero-order valence-electron chi connectivity index (χ0n) is 19.3. The highest BCUT2D eigenvalue weighted by Gasteiger charge is 2.31. The van der Waals surface area contributed by atoms with Crippen LogP contribution in [0.4, 0.5) is 0 Å². The quantitative estimate of drug-likeness (QED) is 0.517. The number of nitrogens with zero attached hydrogens (tertiary/aromatic N) is 1. The van der Waals surface area contributed by atoms with Gasteiger partial charge in [-0.2, -0.15) is 0 Å². The van der Waals surface area contributed by atoms with Crippen LogP contribution in [-0.2, 0) is 14.3 Å². The maximum Gasteiger partial charge on any atom is 0.224 e. The van der Waals surface area contributed by atoms with E-state index in [0.29, 0.717) is 31.5 Å². The van der Waals surface area contributed by atoms with E-state index < -0.39 is 0 Å². The van der Waals surface area contributed by atoms with Crippen molar-refractivity contribution in [1.29, 1.82) is 0 Å². The van der Waals surface area contributed by atoms with Crippen molar-refractivity contribution in [3.05, 3.63) is 35.9 Å². The first-order valence-corrected chi connectivity index (χ1v) is 12.4. The molecule has 1 amide bonds. The average molecular weight is 431 g/mol. The first-order chi connectivity index (χ1) is 15.2. The topological polar surface area (TPSA) is 64.8 Å². The molecule has 2 aliphatic rings. The van der Waals surface area contributed by atoms with Gasteiger partial charge < -0.3 is 20.1 Å². The molecule has 0 spiro atoms. The maximum atomic E-state index is 13.0. The Morgan fingerprint density at radius 2 is 1.87 bits per heavy atom. The van der Waals surface area contributed by atoms with E-state index in [9.17, 15) is 4.79 Å². The molecule has 5 nitrogen and oxygen atoms in total. The molecule has 1 unspecified atom stereocenters. The smallest absolute Gasteiger partial charge is 0.224 e. The van der Waals surface area contributed by atoms with Crippen molar-refractivity contribution in [3.63, 3.8) is 0 Å². The van der Waals surface area contributed by atoms with E-state index in [4.69, 9.17) is 15.2 Å². The van der Waals surface area contributed by atoms with Gasteiger partial charge in [-0.25, -0.2) is 0 Å². The monoisotopic (exact) mass is 430 g/mol. The molecule has 1 aliphatic heterocycles. The highest BCUT2D eigenvalue weighted by molar-refractivity contribution is 5.77. The van der Waals surface area contributed by atoms with Gasteiger partial charge in [-0.3, -0.25) is 4.79 Å². The van der Waals surface area contributed by atoms with Gasteiger partial charge in [-0.1, -0.05) is 62.4 Å². The minimum absolute atomic E-state index is 0.00816. The van der Waals surface area contributed by atoms with Crippen LogP contribution in [0.3, 0.4) is 0 Å². The van der Waals surface area contributed by atoms with E-state index in [1.807, 2.05) is 11.0 Å². The Hall–Kier alpha value is -1.43. The van der Waals surface area contributed by atoms with E-state index in [0.717, 1.165) is 38.8 Å². The molecular weight excluding hydrogens is 388 g/mol. The molecule has 31 heavy (non-hydrogen) atoms. The fourth-order valence-corrected chi connectivity index (χ4v) is 5.33. The Kier molecular flexibility index (Phi) is 10.3. The summed E-state index contributed by atoms with van der Waals surface area (Å²) >= 11 is 0. The Labute approximate surface area is 188 Å². The normalized spacial score (nSPS) is 22.3. The fourth-order valence-electron chi connectivity index (χ4n) is 5.33. The van der Waals surface area contributed by atoms with Crippen LogP contribution in [0.1, 0.15) is 75.9 Å². The SMILES string of the molecule is COCCCOC(c1ccccc1)[C@@H]1CCCN(C(=O)C[C@H](N)CC2CCCCC2)C1. The van der Waals surface area contributed by atoms with Crippen molar-refractivity contribution in [1.82, 2.24) is 4.90 Å². The summed E-state index contributed by atoms with van der Waals surface area (Å²) in [5.74, 6) is 1.25. The van der Waals surface area contributed by atoms with Crippen molar-refractivity contribution >= 4 is 5.91 Å². The molecule has 2 fully saturated rings. The number of hydrogen-bond donors (Lipinski definition) is 1. The van der Waals surface area contributed by atoms with Gasteiger partial charge >= 0.3 is 0 Å². The third-order valence-corrected chi connectivity index (χ3v) is 6.95. The first kappa shape index (κ1) is 24.2. The molecule has 1 saturated carbocycles. The van der Waals surface area contributed by atoms with Crippen molar-refractivity contribution in [3.8, 4) is 0 Å². The molecule has 1 saturated heterocycles. The molecule has 0 radical (unpaired) electrons. The minimum Gasteiger partial charge on any atom is -0.385 e. The number of ether oxygens (including phenoxy) is 2. The van der Waals surface area contributed by atoms with Gasteiger partial charge in [0.2, 0.25) is 5.91 Å². The third-order valence-electron chi connectivity index (χ3n) is 6.95. The van der Waals surface area contributed by atoms with Crippen LogP contribution in [0.2, 0.25) is 0 Å². The molecule has 2 N–H and O–H groups in total. The van der Waals surface area contributed by atoms with Crippen LogP contribution in [0, 0.1) is 11.8 Å². The number of methoxy groups -OCH3 is 1. The molecule has 1 heterocycles. The zero-order chi connectivity index (χ0) is 21.9. The molecule has 3 atom stereocenters. The first-order valence-electron chi connectivity index (χ1n) is 12.4. The van der Waals surface area contributed by atoms with Crippen LogP contribution in [-0.4, -0.2) is 50.3 Å². The second kappa shape index (κ2) is 13.2. The molecule has 5 heteroatoms. The summed E-state index contributed by atoms with van der Waals surface area (Å²) in [6.07, 6.45) is 11.1. The van der Waals surface area contributed by atoms with Crippen molar-refractivity contribution in [2.75, 3.05) is 33.4 Å². The second-order valence-electron chi connectivity index (χ2n) is 9.49. The van der Waals surface area contributed by atoms with Crippen molar-refractivity contribution < 1.29 is 14.3 Å². The number of nitrogens with two attached hydrogens (primary N) is 1. The molecule has 0 bridgehead atoms. The predicted molar refractivity (Wildman–Crippen MR) is 125 cm³/mol. The van der Waals surface area contributed by atoms with Crippen LogP contribution in [0.15, 0.2) is 30.3 Å². The lowest BCUT2D eigenvalue weighted by Crippen LogP contribution is -2.44. The number of amides is 1. The summed E-state index contributed by atoms with van der Waals surface area (Å²) in [5.41, 5.74) is 7.61. The fraction of sp³-hybridized carbons (Fsp3) is 0.731. The summed E-state index contributed by atoms with van der Waals surface area (Å²) in [6.45, 7) is 2.98. The number of likely N-dealkylation sites (tertiary alicyclic amines) is 1. The summed E-state index contributed by atoms with van der Waals surface area (Å²) in [6, 6.07) is 10.4. The van der Waals surface area contributed by atoms with Gasteiger partial charge in [0, 0.05) is 51.8 Å². The highest BCUT2D eigenvalue weighted by Crippen LogP contribution is 2.33.